The van der Waals surface area contributed by atoms with Crippen LogP contribution in [0.5, 0.6) is 0 Å². The molecule has 0 bridgehead atoms. The molecule has 0 saturated heterocycles. The van der Waals surface area contributed by atoms with Crippen molar-refractivity contribution in [2.24, 2.45) is 0 Å². The maximum Gasteiger partial charge on any atom is 0.305 e. The third kappa shape index (κ3) is 4.10. The maximum atomic E-state index is 12.3. The van der Waals surface area contributed by atoms with Crippen LogP contribution < -0.4 is 5.32 Å². The monoisotopic (exact) mass is 318 g/mol. The number of aryl methyl sites for hydroxylation is 1. The number of para-hydroxylation sites is 1. The first-order valence-electron chi connectivity index (χ1n) is 7.42. The van der Waals surface area contributed by atoms with Gasteiger partial charge in [-0.15, -0.1) is 0 Å². The van der Waals surface area contributed by atoms with Gasteiger partial charge in [0.1, 0.15) is 0 Å². The second-order valence-electron chi connectivity index (χ2n) is 6.10. The lowest BCUT2D eigenvalue weighted by atomic mass is 9.98. The van der Waals surface area contributed by atoms with Crippen LogP contribution in [0, 0.1) is 6.92 Å². The topological polar surface area (TPSA) is 91.4 Å². The quantitative estimate of drug-likeness (QED) is 0.728. The molecule has 0 saturated carbocycles. The minimum Gasteiger partial charge on any atom is -0.481 e. The van der Waals surface area contributed by atoms with Crippen molar-refractivity contribution in [3.8, 4) is 0 Å². The Morgan fingerprint density at radius 2 is 2.13 bits per heavy atom. The summed E-state index contributed by atoms with van der Waals surface area (Å²) in [5.41, 5.74) is 2.08. The highest BCUT2D eigenvalue weighted by Gasteiger charge is 2.29. The molecule has 0 spiro atoms. The third-order valence-corrected chi connectivity index (χ3v) is 3.81. The largest absolute Gasteiger partial charge is 0.481 e. The molecule has 0 aliphatic heterocycles. The lowest BCUT2D eigenvalue weighted by Gasteiger charge is -2.28. The van der Waals surface area contributed by atoms with Gasteiger partial charge in [-0.25, -0.2) is 0 Å². The Bertz CT molecular complexity index is 722. The molecule has 0 radical (unpaired) electrons. The summed E-state index contributed by atoms with van der Waals surface area (Å²) >= 11 is 0. The number of amides is 1. The number of carbonyl (C=O) groups excluding carboxylic acids is 1. The Morgan fingerprint density at radius 3 is 2.78 bits per heavy atom. The average molecular weight is 318 g/mol. The molecule has 23 heavy (non-hydrogen) atoms. The van der Waals surface area contributed by atoms with Crippen LogP contribution in [0.3, 0.4) is 0 Å². The fraction of sp³-hybridized carbons (Fsp3) is 0.412. The number of aliphatic carboxylic acids is 1. The van der Waals surface area contributed by atoms with Gasteiger partial charge in [-0.1, -0.05) is 18.2 Å². The maximum absolute atomic E-state index is 12.3. The lowest BCUT2D eigenvalue weighted by molar-refractivity contribution is -0.139. The van der Waals surface area contributed by atoms with Crippen LogP contribution in [0.25, 0.3) is 10.9 Å². The summed E-state index contributed by atoms with van der Waals surface area (Å²) in [5.74, 6) is -1.21. The molecular weight excluding hydrogens is 296 g/mol. The van der Waals surface area contributed by atoms with Gasteiger partial charge in [0.05, 0.1) is 25.0 Å². The zero-order chi connectivity index (χ0) is 17.0. The second-order valence-corrected chi connectivity index (χ2v) is 6.10. The highest BCUT2D eigenvalue weighted by Crippen LogP contribution is 2.22. The number of ether oxygens (including phenoxy) is 1. The van der Waals surface area contributed by atoms with Crippen LogP contribution in [0.1, 0.15) is 24.5 Å². The Labute approximate surface area is 134 Å². The molecule has 0 aliphatic carbocycles. The molecule has 2 rings (SSSR count). The number of benzene rings is 1. The van der Waals surface area contributed by atoms with Crippen LogP contribution in [-0.2, 0) is 20.7 Å². The summed E-state index contributed by atoms with van der Waals surface area (Å²) in [5, 5.41) is 12.8. The van der Waals surface area contributed by atoms with E-state index >= 15 is 0 Å². The van der Waals surface area contributed by atoms with Gasteiger partial charge in [0.25, 0.3) is 0 Å². The van der Waals surface area contributed by atoms with Crippen molar-refractivity contribution in [2.75, 3.05) is 13.7 Å². The van der Waals surface area contributed by atoms with Gasteiger partial charge in [0.2, 0.25) is 5.91 Å². The molecule has 0 fully saturated rings. The number of carbonyl (C=O) groups is 2. The molecule has 1 atom stereocenters. The number of hydrogen-bond donors (Lipinski definition) is 3. The average Bonchev–Trinajstić information content (AvgIpc) is 2.82. The van der Waals surface area contributed by atoms with Crippen molar-refractivity contribution in [1.29, 1.82) is 0 Å². The minimum atomic E-state index is -0.979. The molecule has 1 unspecified atom stereocenters. The van der Waals surface area contributed by atoms with E-state index in [1.807, 2.05) is 31.3 Å². The van der Waals surface area contributed by atoms with Gasteiger partial charge in [-0.2, -0.15) is 0 Å². The van der Waals surface area contributed by atoms with E-state index in [0.717, 1.165) is 22.0 Å². The van der Waals surface area contributed by atoms with Gasteiger partial charge in [0, 0.05) is 24.2 Å². The fourth-order valence-corrected chi connectivity index (χ4v) is 2.85. The van der Waals surface area contributed by atoms with Gasteiger partial charge < -0.3 is 20.1 Å². The zero-order valence-electron chi connectivity index (χ0n) is 13.6. The standard InChI is InChI=1S/C17H22N2O4/c1-11-5-4-6-13-12(9-18-16(11)13)7-14(20)19-17(2,10-23-3)8-15(21)22/h4-6,9,18H,7-8,10H2,1-3H3,(H,19,20)(H,21,22). The number of aromatic amines is 1. The van der Waals surface area contributed by atoms with Crippen molar-refractivity contribution in [3.63, 3.8) is 0 Å². The van der Waals surface area contributed by atoms with Gasteiger partial charge >= 0.3 is 5.97 Å². The molecule has 3 N–H and O–H groups in total. The molecule has 2 aromatic rings. The van der Waals surface area contributed by atoms with E-state index in [4.69, 9.17) is 9.84 Å². The van der Waals surface area contributed by atoms with E-state index < -0.39 is 11.5 Å². The first-order valence-corrected chi connectivity index (χ1v) is 7.42. The van der Waals surface area contributed by atoms with Crippen molar-refractivity contribution in [2.45, 2.75) is 32.2 Å². The summed E-state index contributed by atoms with van der Waals surface area (Å²) in [6.45, 7) is 3.81. The first kappa shape index (κ1) is 17.0. The van der Waals surface area contributed by atoms with Crippen molar-refractivity contribution >= 4 is 22.8 Å². The molecule has 0 aliphatic rings. The third-order valence-electron chi connectivity index (χ3n) is 3.81. The SMILES string of the molecule is COCC(C)(CC(=O)O)NC(=O)Cc1c[nH]c2c(C)cccc12. The van der Waals surface area contributed by atoms with E-state index in [9.17, 15) is 9.59 Å². The second kappa shape index (κ2) is 6.83. The molecular formula is C17H22N2O4. The summed E-state index contributed by atoms with van der Waals surface area (Å²) in [6.07, 6.45) is 1.81. The number of nitrogens with one attached hydrogen (secondary N) is 2. The number of fused-ring (bicyclic) bond motifs is 1. The van der Waals surface area contributed by atoms with E-state index in [1.165, 1.54) is 7.11 Å². The zero-order valence-corrected chi connectivity index (χ0v) is 13.6. The summed E-state index contributed by atoms with van der Waals surface area (Å²) < 4.78 is 5.05. The van der Waals surface area contributed by atoms with Crippen LogP contribution in [-0.4, -0.2) is 41.2 Å². The first-order chi connectivity index (χ1) is 10.8. The number of aromatic nitrogens is 1. The Balaban J connectivity index is 2.14. The van der Waals surface area contributed by atoms with Crippen LogP contribution >= 0.6 is 0 Å². The molecule has 1 amide bonds. The van der Waals surface area contributed by atoms with Gasteiger partial charge in [-0.05, 0) is 25.0 Å². The minimum absolute atomic E-state index is 0.137. The number of rotatable bonds is 7. The van der Waals surface area contributed by atoms with Crippen LogP contribution in [0.2, 0.25) is 0 Å². The highest BCUT2D eigenvalue weighted by atomic mass is 16.5. The Morgan fingerprint density at radius 1 is 1.39 bits per heavy atom. The van der Waals surface area contributed by atoms with E-state index in [2.05, 4.69) is 10.3 Å². The molecule has 1 aromatic carbocycles. The van der Waals surface area contributed by atoms with Crippen molar-refractivity contribution in [3.05, 3.63) is 35.5 Å². The predicted octanol–water partition coefficient (Wildman–Crippen LogP) is 2.01. The molecule has 6 heteroatoms. The number of hydrogen-bond acceptors (Lipinski definition) is 3. The normalized spacial score (nSPS) is 13.7. The van der Waals surface area contributed by atoms with E-state index in [1.54, 1.807) is 6.92 Å². The summed E-state index contributed by atoms with van der Waals surface area (Å²) in [7, 11) is 1.48. The smallest absolute Gasteiger partial charge is 0.305 e. The lowest BCUT2D eigenvalue weighted by Crippen LogP contribution is -2.51. The molecule has 1 aromatic heterocycles. The number of carboxylic acid groups (broad SMARTS) is 1. The van der Waals surface area contributed by atoms with E-state index in [-0.39, 0.29) is 25.4 Å². The Kier molecular flexibility index (Phi) is 5.05. The number of methoxy groups -OCH3 is 1. The van der Waals surface area contributed by atoms with Gasteiger partial charge in [-0.3, -0.25) is 9.59 Å². The Hall–Kier alpha value is -2.34. The van der Waals surface area contributed by atoms with Gasteiger partial charge in [0.15, 0.2) is 0 Å². The number of H-pyrrole nitrogens is 1. The highest BCUT2D eigenvalue weighted by molar-refractivity contribution is 5.90. The van der Waals surface area contributed by atoms with E-state index in [0.29, 0.717) is 0 Å². The number of carboxylic acids is 1. The predicted molar refractivity (Wildman–Crippen MR) is 87.4 cm³/mol. The summed E-state index contributed by atoms with van der Waals surface area (Å²) in [6, 6.07) is 5.92. The molecule has 1 heterocycles. The van der Waals surface area contributed by atoms with Crippen LogP contribution in [0.4, 0.5) is 0 Å². The van der Waals surface area contributed by atoms with Crippen LogP contribution in [0.15, 0.2) is 24.4 Å². The van der Waals surface area contributed by atoms with Crippen molar-refractivity contribution < 1.29 is 19.4 Å². The molecule has 6 nitrogen and oxygen atoms in total. The van der Waals surface area contributed by atoms with Crippen molar-refractivity contribution in [1.82, 2.24) is 10.3 Å². The molecule has 124 valence electrons. The fourth-order valence-electron chi connectivity index (χ4n) is 2.85. The summed E-state index contributed by atoms with van der Waals surface area (Å²) in [4.78, 5) is 26.5.